The molecule has 1 N–H and O–H groups in total. The molecular formula is C22H19Cl3N2O3S. The summed E-state index contributed by atoms with van der Waals surface area (Å²) in [7, 11) is -3.93. The van der Waals surface area contributed by atoms with E-state index < -0.39 is 15.9 Å². The molecule has 0 fully saturated rings. The molecule has 1 amide bonds. The van der Waals surface area contributed by atoms with Crippen molar-refractivity contribution in [2.24, 2.45) is 0 Å². The number of rotatable bonds is 8. The van der Waals surface area contributed by atoms with Crippen molar-refractivity contribution in [3.05, 3.63) is 93.4 Å². The topological polar surface area (TPSA) is 66.5 Å². The number of carbonyl (C=O) groups excluding carboxylic acids is 1. The molecule has 0 aromatic heterocycles. The molecule has 0 saturated carbocycles. The number of sulfonamides is 1. The van der Waals surface area contributed by atoms with Crippen LogP contribution < -0.4 is 5.32 Å². The molecule has 0 aliphatic heterocycles. The van der Waals surface area contributed by atoms with Gasteiger partial charge in [0.1, 0.15) is 0 Å². The highest BCUT2D eigenvalue weighted by molar-refractivity contribution is 7.89. The highest BCUT2D eigenvalue weighted by atomic mass is 35.5. The lowest BCUT2D eigenvalue weighted by atomic mass is 10.1. The van der Waals surface area contributed by atoms with Crippen LogP contribution in [0.1, 0.15) is 5.56 Å². The third-order valence-electron chi connectivity index (χ3n) is 4.47. The van der Waals surface area contributed by atoms with Crippen molar-refractivity contribution in [1.82, 2.24) is 4.31 Å². The van der Waals surface area contributed by atoms with Crippen LogP contribution in [0.25, 0.3) is 0 Å². The Bertz CT molecular complexity index is 1150. The van der Waals surface area contributed by atoms with Gasteiger partial charge in [-0.15, -0.1) is 0 Å². The molecule has 3 aromatic rings. The molecule has 0 spiro atoms. The number of hydrogen-bond donors (Lipinski definition) is 1. The molecule has 9 heteroatoms. The van der Waals surface area contributed by atoms with Gasteiger partial charge in [-0.1, -0.05) is 65.1 Å². The Hall–Kier alpha value is -2.09. The van der Waals surface area contributed by atoms with Crippen LogP contribution >= 0.6 is 34.8 Å². The number of amides is 1. The maximum absolute atomic E-state index is 13.2. The normalized spacial score (nSPS) is 11.5. The SMILES string of the molecule is O=C(CN(CCc1ccccc1)S(=O)(=O)c1ccc(Cl)cc1)Nc1ccc(Cl)cc1Cl. The van der Waals surface area contributed by atoms with E-state index in [2.05, 4.69) is 5.32 Å². The number of anilines is 1. The minimum atomic E-state index is -3.93. The zero-order valence-corrected chi connectivity index (χ0v) is 19.3. The van der Waals surface area contributed by atoms with Crippen molar-refractivity contribution in [3.63, 3.8) is 0 Å². The van der Waals surface area contributed by atoms with Crippen molar-refractivity contribution in [1.29, 1.82) is 0 Å². The highest BCUT2D eigenvalue weighted by Crippen LogP contribution is 2.25. The molecule has 0 aliphatic carbocycles. The minimum absolute atomic E-state index is 0.0577. The number of benzene rings is 3. The summed E-state index contributed by atoms with van der Waals surface area (Å²) in [4.78, 5) is 12.7. The minimum Gasteiger partial charge on any atom is -0.324 e. The Morgan fingerprint density at radius 1 is 0.871 bits per heavy atom. The third-order valence-corrected chi connectivity index (χ3v) is 7.13. The van der Waals surface area contributed by atoms with Crippen LogP contribution in [0.15, 0.2) is 77.7 Å². The molecular weight excluding hydrogens is 479 g/mol. The molecule has 0 aliphatic rings. The smallest absolute Gasteiger partial charge is 0.243 e. The first-order valence-electron chi connectivity index (χ1n) is 9.30. The molecule has 0 radical (unpaired) electrons. The number of nitrogens with one attached hydrogen (secondary N) is 1. The zero-order valence-electron chi connectivity index (χ0n) is 16.3. The van der Waals surface area contributed by atoms with E-state index in [-0.39, 0.29) is 23.0 Å². The van der Waals surface area contributed by atoms with Crippen LogP contribution in [0.3, 0.4) is 0 Å². The van der Waals surface area contributed by atoms with E-state index in [9.17, 15) is 13.2 Å². The van der Waals surface area contributed by atoms with Gasteiger partial charge in [0.05, 0.1) is 22.2 Å². The van der Waals surface area contributed by atoms with Crippen LogP contribution in [0.2, 0.25) is 15.1 Å². The van der Waals surface area contributed by atoms with E-state index in [1.165, 1.54) is 30.3 Å². The summed E-state index contributed by atoms with van der Waals surface area (Å²) < 4.78 is 27.6. The van der Waals surface area contributed by atoms with Crippen LogP contribution in [-0.2, 0) is 21.2 Å². The van der Waals surface area contributed by atoms with E-state index in [0.29, 0.717) is 22.2 Å². The summed E-state index contributed by atoms with van der Waals surface area (Å²) in [5.74, 6) is -0.519. The summed E-state index contributed by atoms with van der Waals surface area (Å²) >= 11 is 17.9. The van der Waals surface area contributed by atoms with E-state index in [1.54, 1.807) is 12.1 Å². The van der Waals surface area contributed by atoms with Gasteiger partial charge in [0.25, 0.3) is 0 Å². The molecule has 0 heterocycles. The van der Waals surface area contributed by atoms with Gasteiger partial charge in [-0.05, 0) is 54.4 Å². The fourth-order valence-electron chi connectivity index (χ4n) is 2.88. The van der Waals surface area contributed by atoms with Crippen molar-refractivity contribution in [3.8, 4) is 0 Å². The first kappa shape index (κ1) is 23.6. The van der Waals surface area contributed by atoms with E-state index in [0.717, 1.165) is 9.87 Å². The van der Waals surface area contributed by atoms with Gasteiger partial charge in [-0.25, -0.2) is 8.42 Å². The first-order chi connectivity index (χ1) is 14.8. The Balaban J connectivity index is 1.82. The number of halogens is 3. The largest absolute Gasteiger partial charge is 0.324 e. The second kappa shape index (κ2) is 10.5. The van der Waals surface area contributed by atoms with Crippen LogP contribution in [0.4, 0.5) is 5.69 Å². The second-order valence-electron chi connectivity index (χ2n) is 6.70. The van der Waals surface area contributed by atoms with Gasteiger partial charge < -0.3 is 5.32 Å². The van der Waals surface area contributed by atoms with Crippen LogP contribution in [0, 0.1) is 0 Å². The summed E-state index contributed by atoms with van der Waals surface area (Å²) in [5, 5.41) is 3.75. The lowest BCUT2D eigenvalue weighted by Crippen LogP contribution is -2.39. The lowest BCUT2D eigenvalue weighted by molar-refractivity contribution is -0.116. The number of carbonyl (C=O) groups is 1. The van der Waals surface area contributed by atoms with Crippen molar-refractivity contribution >= 4 is 56.4 Å². The molecule has 0 bridgehead atoms. The average Bonchev–Trinajstić information content (AvgIpc) is 2.74. The molecule has 0 atom stereocenters. The van der Waals surface area contributed by atoms with Gasteiger partial charge in [0.2, 0.25) is 15.9 Å². The van der Waals surface area contributed by atoms with Gasteiger partial charge >= 0.3 is 0 Å². The molecule has 5 nitrogen and oxygen atoms in total. The molecule has 3 rings (SSSR count). The maximum Gasteiger partial charge on any atom is 0.243 e. The van der Waals surface area contributed by atoms with Crippen molar-refractivity contribution < 1.29 is 13.2 Å². The van der Waals surface area contributed by atoms with Crippen molar-refractivity contribution in [2.45, 2.75) is 11.3 Å². The fraction of sp³-hybridized carbons (Fsp3) is 0.136. The van der Waals surface area contributed by atoms with Gasteiger partial charge in [-0.3, -0.25) is 4.79 Å². The van der Waals surface area contributed by atoms with Crippen LogP contribution in [0.5, 0.6) is 0 Å². The Kier molecular flexibility index (Phi) is 7.97. The summed E-state index contributed by atoms with van der Waals surface area (Å²) in [6.07, 6.45) is 0.447. The number of hydrogen-bond acceptors (Lipinski definition) is 3. The highest BCUT2D eigenvalue weighted by Gasteiger charge is 2.26. The average molecular weight is 498 g/mol. The van der Waals surface area contributed by atoms with Gasteiger partial charge in [0.15, 0.2) is 0 Å². The molecule has 31 heavy (non-hydrogen) atoms. The molecule has 162 valence electrons. The van der Waals surface area contributed by atoms with Gasteiger partial charge in [-0.2, -0.15) is 4.31 Å². The summed E-state index contributed by atoms with van der Waals surface area (Å²) in [6, 6.07) is 19.9. The molecule has 0 saturated heterocycles. The predicted molar refractivity (Wildman–Crippen MR) is 125 cm³/mol. The Morgan fingerprint density at radius 2 is 1.52 bits per heavy atom. The third kappa shape index (κ3) is 6.45. The second-order valence-corrected chi connectivity index (χ2v) is 9.92. The van der Waals surface area contributed by atoms with Crippen LogP contribution in [-0.4, -0.2) is 31.7 Å². The standard InChI is InChI=1S/C22H19Cl3N2O3S/c23-17-6-9-19(10-7-17)31(29,30)27(13-12-16-4-2-1-3-5-16)15-22(28)26-21-11-8-18(24)14-20(21)25/h1-11,14H,12-13,15H2,(H,26,28). The summed E-state index contributed by atoms with van der Waals surface area (Å²) in [6.45, 7) is -0.256. The Morgan fingerprint density at radius 3 is 2.16 bits per heavy atom. The monoisotopic (exact) mass is 496 g/mol. The maximum atomic E-state index is 13.2. The van der Waals surface area contributed by atoms with Gasteiger partial charge in [0, 0.05) is 16.6 Å². The van der Waals surface area contributed by atoms with E-state index in [1.807, 2.05) is 30.3 Å². The fourth-order valence-corrected chi connectivity index (χ4v) is 4.86. The molecule has 3 aromatic carbocycles. The number of nitrogens with zero attached hydrogens (tertiary/aromatic N) is 1. The van der Waals surface area contributed by atoms with E-state index in [4.69, 9.17) is 34.8 Å². The first-order valence-corrected chi connectivity index (χ1v) is 11.9. The molecule has 0 unspecified atom stereocenters. The van der Waals surface area contributed by atoms with Crippen molar-refractivity contribution in [2.75, 3.05) is 18.4 Å². The lowest BCUT2D eigenvalue weighted by Gasteiger charge is -2.22. The summed E-state index contributed by atoms with van der Waals surface area (Å²) in [5.41, 5.74) is 1.31. The van der Waals surface area contributed by atoms with E-state index >= 15 is 0 Å². The quantitative estimate of drug-likeness (QED) is 0.446. The predicted octanol–water partition coefficient (Wildman–Crippen LogP) is 5.52. The zero-order chi connectivity index (χ0) is 22.4. The Labute approximate surface area is 196 Å².